The first-order valence-corrected chi connectivity index (χ1v) is 8.32. The third kappa shape index (κ3) is 3.19. The number of carbonyl (C=O) groups is 1. The van der Waals surface area contributed by atoms with Crippen molar-refractivity contribution in [3.05, 3.63) is 54.1 Å². The Balaban J connectivity index is 1.91. The Kier molecular flexibility index (Phi) is 4.96. The van der Waals surface area contributed by atoms with Crippen LogP contribution < -0.4 is 5.32 Å². The molecular weight excluding hydrogens is 300 g/mol. The van der Waals surface area contributed by atoms with Gasteiger partial charge in [-0.05, 0) is 43.2 Å². The molecule has 1 amide bonds. The van der Waals surface area contributed by atoms with Gasteiger partial charge in [-0.2, -0.15) is 0 Å². The first-order chi connectivity index (χ1) is 11.7. The molecule has 0 fully saturated rings. The fraction of sp³-hybridized carbons (Fsp3) is 0.250. The molecule has 1 aromatic heterocycles. The van der Waals surface area contributed by atoms with Gasteiger partial charge in [-0.15, -0.1) is 0 Å². The summed E-state index contributed by atoms with van der Waals surface area (Å²) in [6, 6.07) is 14.7. The van der Waals surface area contributed by atoms with Gasteiger partial charge in [0.2, 0.25) is 5.91 Å². The number of para-hydroxylation sites is 1. The van der Waals surface area contributed by atoms with Crippen LogP contribution in [0, 0.1) is 0 Å². The number of aryl methyl sites for hydroxylation is 1. The van der Waals surface area contributed by atoms with E-state index in [2.05, 4.69) is 53.2 Å². The highest BCUT2D eigenvalue weighted by atomic mass is 16.3. The van der Waals surface area contributed by atoms with Gasteiger partial charge >= 0.3 is 0 Å². The molecule has 0 radical (unpaired) electrons. The van der Waals surface area contributed by atoms with Crippen LogP contribution in [-0.4, -0.2) is 28.7 Å². The summed E-state index contributed by atoms with van der Waals surface area (Å²) in [5.41, 5.74) is 3.44. The molecule has 0 saturated carbocycles. The number of hydrogen-bond donors (Lipinski definition) is 2. The average molecular weight is 322 g/mol. The van der Waals surface area contributed by atoms with Gasteiger partial charge < -0.3 is 15.0 Å². The number of benzene rings is 2. The van der Waals surface area contributed by atoms with Crippen LogP contribution in [0.4, 0.5) is 0 Å². The maximum atomic E-state index is 11.7. The minimum Gasteiger partial charge on any atom is -0.396 e. The molecule has 2 N–H and O–H groups in total. The Morgan fingerprint density at radius 2 is 1.96 bits per heavy atom. The third-order valence-electron chi connectivity index (χ3n) is 4.17. The van der Waals surface area contributed by atoms with Crippen molar-refractivity contribution >= 4 is 33.8 Å². The van der Waals surface area contributed by atoms with Gasteiger partial charge in [-0.1, -0.05) is 24.3 Å². The highest BCUT2D eigenvalue weighted by molar-refractivity contribution is 6.08. The second kappa shape index (κ2) is 7.32. The van der Waals surface area contributed by atoms with E-state index in [0.29, 0.717) is 13.0 Å². The van der Waals surface area contributed by atoms with Crippen molar-refractivity contribution in [1.29, 1.82) is 0 Å². The number of aromatic nitrogens is 1. The number of amides is 1. The van der Waals surface area contributed by atoms with E-state index in [0.717, 1.165) is 12.1 Å². The predicted octanol–water partition coefficient (Wildman–Crippen LogP) is 3.33. The summed E-state index contributed by atoms with van der Waals surface area (Å²) < 4.78 is 2.31. The minimum atomic E-state index is -0.139. The van der Waals surface area contributed by atoms with Crippen LogP contribution in [0.5, 0.6) is 0 Å². The smallest absolute Gasteiger partial charge is 0.244 e. The summed E-state index contributed by atoms with van der Waals surface area (Å²) in [6.07, 6.45) is 3.94. The number of nitrogens with zero attached hydrogens (tertiary/aromatic N) is 1. The monoisotopic (exact) mass is 322 g/mol. The van der Waals surface area contributed by atoms with Crippen molar-refractivity contribution < 1.29 is 9.90 Å². The van der Waals surface area contributed by atoms with E-state index in [9.17, 15) is 4.79 Å². The normalized spacial score (nSPS) is 11.6. The van der Waals surface area contributed by atoms with Crippen LogP contribution in [0.15, 0.2) is 48.5 Å². The molecule has 4 heteroatoms. The highest BCUT2D eigenvalue weighted by Gasteiger charge is 2.08. The van der Waals surface area contributed by atoms with Crippen molar-refractivity contribution in [3.63, 3.8) is 0 Å². The van der Waals surface area contributed by atoms with Gasteiger partial charge in [0.05, 0.1) is 0 Å². The van der Waals surface area contributed by atoms with Crippen LogP contribution in [0.25, 0.3) is 27.9 Å². The van der Waals surface area contributed by atoms with E-state index < -0.39 is 0 Å². The predicted molar refractivity (Wildman–Crippen MR) is 98.9 cm³/mol. The molecule has 0 aliphatic carbocycles. The number of nitrogens with one attached hydrogen (secondary N) is 1. The first kappa shape index (κ1) is 16.3. The van der Waals surface area contributed by atoms with Crippen molar-refractivity contribution in [1.82, 2.24) is 9.88 Å². The number of rotatable bonds is 6. The van der Waals surface area contributed by atoms with Crippen molar-refractivity contribution in [3.8, 4) is 0 Å². The zero-order valence-corrected chi connectivity index (χ0v) is 13.8. The zero-order chi connectivity index (χ0) is 16.9. The lowest BCUT2D eigenvalue weighted by Crippen LogP contribution is -2.22. The molecular formula is C20H22N2O2. The Morgan fingerprint density at radius 1 is 1.17 bits per heavy atom. The number of aliphatic hydroxyl groups excluding tert-OH is 1. The molecule has 24 heavy (non-hydrogen) atoms. The molecule has 0 aliphatic rings. The summed E-state index contributed by atoms with van der Waals surface area (Å²) in [4.78, 5) is 11.7. The van der Waals surface area contributed by atoms with Crippen molar-refractivity contribution in [2.45, 2.75) is 19.9 Å². The van der Waals surface area contributed by atoms with E-state index in [1.165, 1.54) is 27.9 Å². The molecule has 1 heterocycles. The molecule has 0 spiro atoms. The van der Waals surface area contributed by atoms with Crippen LogP contribution in [0.2, 0.25) is 0 Å². The Morgan fingerprint density at radius 3 is 2.75 bits per heavy atom. The van der Waals surface area contributed by atoms with Gasteiger partial charge in [0.25, 0.3) is 0 Å². The molecule has 4 nitrogen and oxygen atoms in total. The van der Waals surface area contributed by atoms with E-state index in [-0.39, 0.29) is 12.5 Å². The molecule has 0 atom stereocenters. The SMILES string of the molecule is CCn1c2ccccc2c2cc(/C=C/C(=O)NCCCO)ccc21. The summed E-state index contributed by atoms with van der Waals surface area (Å²) in [5.74, 6) is -0.139. The van der Waals surface area contributed by atoms with E-state index in [4.69, 9.17) is 5.11 Å². The molecule has 0 aliphatic heterocycles. The summed E-state index contributed by atoms with van der Waals surface area (Å²) >= 11 is 0. The van der Waals surface area contributed by atoms with Crippen LogP contribution in [0.3, 0.4) is 0 Å². The van der Waals surface area contributed by atoms with Gasteiger partial charge in [-0.3, -0.25) is 4.79 Å². The largest absolute Gasteiger partial charge is 0.396 e. The van der Waals surface area contributed by atoms with Crippen LogP contribution >= 0.6 is 0 Å². The fourth-order valence-corrected chi connectivity index (χ4v) is 3.04. The zero-order valence-electron chi connectivity index (χ0n) is 13.8. The second-order valence-corrected chi connectivity index (χ2v) is 5.74. The lowest BCUT2D eigenvalue weighted by atomic mass is 10.1. The third-order valence-corrected chi connectivity index (χ3v) is 4.17. The first-order valence-electron chi connectivity index (χ1n) is 8.32. The summed E-state index contributed by atoms with van der Waals surface area (Å²) in [7, 11) is 0. The topological polar surface area (TPSA) is 54.3 Å². The van der Waals surface area contributed by atoms with Crippen LogP contribution in [0.1, 0.15) is 18.9 Å². The molecule has 0 saturated heterocycles. The molecule has 0 bridgehead atoms. The van der Waals surface area contributed by atoms with Gasteiger partial charge in [-0.25, -0.2) is 0 Å². The number of fused-ring (bicyclic) bond motifs is 3. The lowest BCUT2D eigenvalue weighted by Gasteiger charge is -2.03. The minimum absolute atomic E-state index is 0.0855. The van der Waals surface area contributed by atoms with Crippen LogP contribution in [-0.2, 0) is 11.3 Å². The van der Waals surface area contributed by atoms with Crippen molar-refractivity contribution in [2.24, 2.45) is 0 Å². The second-order valence-electron chi connectivity index (χ2n) is 5.74. The lowest BCUT2D eigenvalue weighted by molar-refractivity contribution is -0.116. The summed E-state index contributed by atoms with van der Waals surface area (Å²) in [6.45, 7) is 3.65. The molecule has 3 rings (SSSR count). The van der Waals surface area contributed by atoms with Gasteiger partial charge in [0.15, 0.2) is 0 Å². The standard InChI is InChI=1S/C20H22N2O2/c1-2-22-18-7-4-3-6-16(18)17-14-15(8-10-19(17)22)9-11-20(24)21-12-5-13-23/h3-4,6-11,14,23H,2,5,12-13H2,1H3,(H,21,24)/b11-9+. The number of carbonyl (C=O) groups excluding carboxylic acids is 1. The maximum Gasteiger partial charge on any atom is 0.244 e. The van der Waals surface area contributed by atoms with E-state index in [1.54, 1.807) is 0 Å². The number of aliphatic hydroxyl groups is 1. The molecule has 0 unspecified atom stereocenters. The van der Waals surface area contributed by atoms with Gasteiger partial charge in [0.1, 0.15) is 0 Å². The fourth-order valence-electron chi connectivity index (χ4n) is 3.04. The average Bonchev–Trinajstić information content (AvgIpc) is 2.93. The Bertz CT molecular complexity index is 893. The molecule has 3 aromatic rings. The summed E-state index contributed by atoms with van der Waals surface area (Å²) in [5, 5.41) is 13.9. The van der Waals surface area contributed by atoms with E-state index >= 15 is 0 Å². The number of hydrogen-bond acceptors (Lipinski definition) is 2. The maximum absolute atomic E-state index is 11.7. The van der Waals surface area contributed by atoms with Crippen molar-refractivity contribution in [2.75, 3.05) is 13.2 Å². The molecule has 2 aromatic carbocycles. The quantitative estimate of drug-likeness (QED) is 0.540. The molecule has 124 valence electrons. The van der Waals surface area contributed by atoms with Gasteiger partial charge in [0, 0.05) is 47.6 Å². The highest BCUT2D eigenvalue weighted by Crippen LogP contribution is 2.29. The van der Waals surface area contributed by atoms with E-state index in [1.807, 2.05) is 12.1 Å². The Labute approximate surface area is 141 Å². The Hall–Kier alpha value is -2.59.